The lowest BCUT2D eigenvalue weighted by Gasteiger charge is -2.26. The number of ether oxygens (including phenoxy) is 1. The molecule has 2 atom stereocenters. The summed E-state index contributed by atoms with van der Waals surface area (Å²) >= 11 is 6.53. The van der Waals surface area contributed by atoms with Crippen LogP contribution in [0.3, 0.4) is 0 Å². The Hall–Kier alpha value is -0.580. The van der Waals surface area contributed by atoms with Gasteiger partial charge in [-0.1, -0.05) is 32.4 Å². The summed E-state index contributed by atoms with van der Waals surface area (Å²) < 4.78 is 7.67. The van der Waals surface area contributed by atoms with Crippen molar-refractivity contribution in [2.24, 2.45) is 0 Å². The Morgan fingerprint density at radius 1 is 1.29 bits per heavy atom. The van der Waals surface area contributed by atoms with Crippen molar-refractivity contribution in [2.45, 2.75) is 72.1 Å². The highest BCUT2D eigenvalue weighted by Crippen LogP contribution is 2.24. The van der Waals surface area contributed by atoms with Gasteiger partial charge in [-0.25, -0.2) is 0 Å². The highest BCUT2D eigenvalue weighted by molar-refractivity contribution is 6.31. The minimum atomic E-state index is 0.192. The zero-order valence-electron chi connectivity index (χ0n) is 14.1. The molecule has 2 unspecified atom stereocenters. The monoisotopic (exact) mass is 315 g/mol. The van der Waals surface area contributed by atoms with Crippen molar-refractivity contribution >= 4 is 11.6 Å². The van der Waals surface area contributed by atoms with Crippen LogP contribution < -0.4 is 5.32 Å². The van der Waals surface area contributed by atoms with Crippen LogP contribution in [-0.4, -0.2) is 35.6 Å². The fraction of sp³-hybridized carbons (Fsp3) is 0.812. The summed E-state index contributed by atoms with van der Waals surface area (Å²) in [6.07, 6.45) is 4.01. The van der Waals surface area contributed by atoms with Gasteiger partial charge in [0.25, 0.3) is 0 Å². The van der Waals surface area contributed by atoms with E-state index in [9.17, 15) is 0 Å². The second-order valence-corrected chi connectivity index (χ2v) is 5.70. The van der Waals surface area contributed by atoms with Crippen LogP contribution >= 0.6 is 11.6 Å². The zero-order chi connectivity index (χ0) is 15.8. The van der Waals surface area contributed by atoms with Gasteiger partial charge >= 0.3 is 0 Å². The maximum absolute atomic E-state index is 6.53. The van der Waals surface area contributed by atoms with Crippen molar-refractivity contribution in [3.63, 3.8) is 0 Å². The van der Waals surface area contributed by atoms with Crippen LogP contribution in [0, 0.1) is 0 Å². The molecule has 122 valence electrons. The van der Waals surface area contributed by atoms with Gasteiger partial charge in [0, 0.05) is 26.1 Å². The average Bonchev–Trinajstić information content (AvgIpc) is 2.81. The van der Waals surface area contributed by atoms with E-state index in [1.807, 2.05) is 4.68 Å². The van der Waals surface area contributed by atoms with E-state index in [2.05, 4.69) is 38.1 Å². The topological polar surface area (TPSA) is 39.1 Å². The Balaban J connectivity index is 2.98. The number of nitrogens with zero attached hydrogens (tertiary/aromatic N) is 2. The first-order chi connectivity index (χ1) is 10.1. The molecular formula is C16H30ClN3O. The maximum Gasteiger partial charge on any atom is 0.0850 e. The molecule has 0 aromatic carbocycles. The summed E-state index contributed by atoms with van der Waals surface area (Å²) in [7, 11) is 1.78. The highest BCUT2D eigenvalue weighted by atomic mass is 35.5. The first kappa shape index (κ1) is 18.5. The third-order valence-electron chi connectivity index (χ3n) is 3.92. The van der Waals surface area contributed by atoms with Crippen molar-refractivity contribution in [1.82, 2.24) is 15.1 Å². The van der Waals surface area contributed by atoms with E-state index in [1.54, 1.807) is 7.11 Å². The van der Waals surface area contributed by atoms with Crippen LogP contribution in [-0.2, 0) is 24.1 Å². The Kier molecular flexibility index (Phi) is 8.30. The fourth-order valence-electron chi connectivity index (χ4n) is 2.70. The molecule has 0 spiro atoms. The van der Waals surface area contributed by atoms with Gasteiger partial charge in [0.1, 0.15) is 0 Å². The lowest BCUT2D eigenvalue weighted by molar-refractivity contribution is 0.0647. The molecule has 21 heavy (non-hydrogen) atoms. The number of methoxy groups -OCH3 is 1. The van der Waals surface area contributed by atoms with E-state index in [0.29, 0.717) is 0 Å². The number of aromatic nitrogens is 2. The number of hydrogen-bond acceptors (Lipinski definition) is 3. The number of halogens is 1. The number of hydrogen-bond donors (Lipinski definition) is 1. The van der Waals surface area contributed by atoms with Gasteiger partial charge in [-0.15, -0.1) is 0 Å². The average molecular weight is 316 g/mol. The predicted octanol–water partition coefficient (Wildman–Crippen LogP) is 3.45. The molecule has 0 bridgehead atoms. The second-order valence-electron chi connectivity index (χ2n) is 5.32. The summed E-state index contributed by atoms with van der Waals surface area (Å²) in [6, 6.07) is 0.268. The van der Waals surface area contributed by atoms with Crippen LogP contribution in [0.25, 0.3) is 0 Å². The van der Waals surface area contributed by atoms with Crippen molar-refractivity contribution < 1.29 is 4.74 Å². The summed E-state index contributed by atoms with van der Waals surface area (Å²) in [5.41, 5.74) is 2.12. The molecule has 0 aliphatic carbocycles. The molecule has 1 heterocycles. The number of aryl methyl sites for hydroxylation is 2. The van der Waals surface area contributed by atoms with Crippen LogP contribution in [0.15, 0.2) is 0 Å². The van der Waals surface area contributed by atoms with Crippen molar-refractivity contribution in [2.75, 3.05) is 13.7 Å². The quantitative estimate of drug-likeness (QED) is 0.718. The molecule has 5 heteroatoms. The van der Waals surface area contributed by atoms with Gasteiger partial charge in [0.15, 0.2) is 0 Å². The molecule has 1 aromatic heterocycles. The van der Waals surface area contributed by atoms with Gasteiger partial charge in [0.05, 0.1) is 22.5 Å². The lowest BCUT2D eigenvalue weighted by Crippen LogP contribution is -2.43. The summed E-state index contributed by atoms with van der Waals surface area (Å²) in [5.74, 6) is 0. The molecule has 0 amide bonds. The largest absolute Gasteiger partial charge is 0.380 e. The molecule has 0 radical (unpaired) electrons. The van der Waals surface area contributed by atoms with Crippen molar-refractivity contribution in [3.8, 4) is 0 Å². The van der Waals surface area contributed by atoms with Gasteiger partial charge in [-0.3, -0.25) is 4.68 Å². The highest BCUT2D eigenvalue weighted by Gasteiger charge is 2.24. The van der Waals surface area contributed by atoms with Crippen LogP contribution in [0.2, 0.25) is 5.02 Å². The Morgan fingerprint density at radius 3 is 2.48 bits per heavy atom. The van der Waals surface area contributed by atoms with Crippen LogP contribution in [0.5, 0.6) is 0 Å². The van der Waals surface area contributed by atoms with Crippen LogP contribution in [0.4, 0.5) is 0 Å². The number of rotatable bonds is 10. The second kappa shape index (κ2) is 9.44. The Morgan fingerprint density at radius 2 is 2.00 bits per heavy atom. The first-order valence-corrected chi connectivity index (χ1v) is 8.50. The van der Waals surface area contributed by atoms with E-state index >= 15 is 0 Å². The maximum atomic E-state index is 6.53. The third-order valence-corrected chi connectivity index (χ3v) is 4.35. The SMILES string of the molecule is CCCNC(Cc1c(Cl)c(CC)nn1CC)C(CC)OC. The van der Waals surface area contributed by atoms with E-state index in [0.717, 1.165) is 55.2 Å². The first-order valence-electron chi connectivity index (χ1n) is 8.12. The molecule has 0 saturated heterocycles. The van der Waals surface area contributed by atoms with E-state index < -0.39 is 0 Å². The molecule has 0 saturated carbocycles. The summed E-state index contributed by atoms with van der Waals surface area (Å²) in [6.45, 7) is 10.4. The molecular weight excluding hydrogens is 286 g/mol. The zero-order valence-corrected chi connectivity index (χ0v) is 14.8. The Labute approximate surface area is 134 Å². The molecule has 0 fully saturated rings. The molecule has 4 nitrogen and oxygen atoms in total. The van der Waals surface area contributed by atoms with Gasteiger partial charge in [-0.05, 0) is 32.7 Å². The number of nitrogens with one attached hydrogen (secondary N) is 1. The normalized spacial score (nSPS) is 14.4. The summed E-state index contributed by atoms with van der Waals surface area (Å²) in [5, 5.41) is 9.04. The van der Waals surface area contributed by atoms with Gasteiger partial charge in [0.2, 0.25) is 0 Å². The molecule has 0 aliphatic heterocycles. The van der Waals surface area contributed by atoms with E-state index in [1.165, 1.54) is 0 Å². The molecule has 1 N–H and O–H groups in total. The van der Waals surface area contributed by atoms with Crippen molar-refractivity contribution in [3.05, 3.63) is 16.4 Å². The molecule has 1 aromatic rings. The lowest BCUT2D eigenvalue weighted by atomic mass is 10.0. The third kappa shape index (κ3) is 4.70. The van der Waals surface area contributed by atoms with Crippen molar-refractivity contribution in [1.29, 1.82) is 0 Å². The van der Waals surface area contributed by atoms with Crippen LogP contribution in [0.1, 0.15) is 51.9 Å². The smallest absolute Gasteiger partial charge is 0.0850 e. The van der Waals surface area contributed by atoms with Gasteiger partial charge in [-0.2, -0.15) is 5.10 Å². The fourth-order valence-corrected chi connectivity index (χ4v) is 3.05. The molecule has 1 rings (SSSR count). The van der Waals surface area contributed by atoms with Gasteiger partial charge < -0.3 is 10.1 Å². The minimum Gasteiger partial charge on any atom is -0.380 e. The minimum absolute atomic E-state index is 0.192. The van der Waals surface area contributed by atoms with E-state index in [4.69, 9.17) is 16.3 Å². The van der Waals surface area contributed by atoms with E-state index in [-0.39, 0.29) is 12.1 Å². The summed E-state index contributed by atoms with van der Waals surface area (Å²) in [4.78, 5) is 0. The standard InChI is InChI=1S/C16H30ClN3O/c1-6-10-18-13(15(8-3)21-5)11-14-16(17)12(7-2)19-20(14)9-4/h13,15,18H,6-11H2,1-5H3. The Bertz CT molecular complexity index is 416. The predicted molar refractivity (Wildman–Crippen MR) is 89.2 cm³/mol. The molecule has 0 aliphatic rings.